The van der Waals surface area contributed by atoms with Gasteiger partial charge in [0.2, 0.25) is 5.91 Å². The molecule has 8 heteroatoms. The van der Waals surface area contributed by atoms with Crippen molar-refractivity contribution in [1.29, 1.82) is 0 Å². The molecule has 0 aliphatic rings. The predicted molar refractivity (Wildman–Crippen MR) is 77.6 cm³/mol. The van der Waals surface area contributed by atoms with Gasteiger partial charge in [-0.2, -0.15) is 13.2 Å². The average molecular weight is 327 g/mol. The first kappa shape index (κ1) is 16.3. The molecule has 1 heterocycles. The number of benzene rings is 1. The average Bonchev–Trinajstić information content (AvgIpc) is 2.45. The lowest BCUT2D eigenvalue weighted by Crippen LogP contribution is -2.15. The highest BCUT2D eigenvalue weighted by Gasteiger charge is 2.30. The molecule has 1 aromatic carbocycles. The Kier molecular flexibility index (Phi) is 5.02. The fourth-order valence-corrected chi connectivity index (χ4v) is 2.27. The first-order valence-corrected chi connectivity index (χ1v) is 7.23. The van der Waals surface area contributed by atoms with Gasteiger partial charge in [-0.25, -0.2) is 9.97 Å². The van der Waals surface area contributed by atoms with Crippen LogP contribution >= 0.6 is 11.8 Å². The number of hydrogen-bond donors (Lipinski definition) is 1. The van der Waals surface area contributed by atoms with Crippen molar-refractivity contribution >= 4 is 23.4 Å². The summed E-state index contributed by atoms with van der Waals surface area (Å²) in [4.78, 5) is 19.9. The second-order valence-corrected chi connectivity index (χ2v) is 5.34. The van der Waals surface area contributed by atoms with Crippen LogP contribution in [-0.4, -0.2) is 21.6 Å². The van der Waals surface area contributed by atoms with Crippen LogP contribution < -0.4 is 5.32 Å². The molecule has 0 unspecified atom stereocenters. The van der Waals surface area contributed by atoms with Crippen molar-refractivity contribution in [3.05, 3.63) is 47.8 Å². The number of aryl methyl sites for hydroxylation is 1. The smallest absolute Gasteiger partial charge is 0.325 e. The second-order valence-electron chi connectivity index (χ2n) is 4.40. The van der Waals surface area contributed by atoms with E-state index >= 15 is 0 Å². The third kappa shape index (κ3) is 4.73. The molecule has 0 aliphatic heterocycles. The number of thioether (sulfide) groups is 1. The maximum absolute atomic E-state index is 12.6. The Morgan fingerprint density at radius 2 is 2.09 bits per heavy atom. The molecule has 2 aromatic rings. The fourth-order valence-electron chi connectivity index (χ4n) is 1.60. The Labute approximate surface area is 129 Å². The van der Waals surface area contributed by atoms with Gasteiger partial charge in [0.15, 0.2) is 5.16 Å². The molecule has 2 rings (SSSR count). The quantitative estimate of drug-likeness (QED) is 0.689. The number of aromatic nitrogens is 2. The zero-order valence-corrected chi connectivity index (χ0v) is 12.3. The van der Waals surface area contributed by atoms with E-state index in [1.165, 1.54) is 12.1 Å². The minimum atomic E-state index is -4.44. The molecule has 0 atom stereocenters. The normalized spacial score (nSPS) is 11.3. The number of carbonyl (C=O) groups is 1. The van der Waals surface area contributed by atoms with Crippen molar-refractivity contribution in [2.45, 2.75) is 18.3 Å². The van der Waals surface area contributed by atoms with Crippen LogP contribution in [0, 0.1) is 6.92 Å². The van der Waals surface area contributed by atoms with E-state index in [4.69, 9.17) is 0 Å². The van der Waals surface area contributed by atoms with Crippen molar-refractivity contribution in [3.8, 4) is 0 Å². The standard InChI is InChI=1S/C14H12F3N3OS/c1-9-5-6-18-13(19-9)22-8-12(21)20-11-4-2-3-10(7-11)14(15,16)17/h2-7H,8H2,1H3,(H,20,21). The summed E-state index contributed by atoms with van der Waals surface area (Å²) < 4.78 is 37.7. The first-order valence-electron chi connectivity index (χ1n) is 6.24. The van der Waals surface area contributed by atoms with Gasteiger partial charge in [0.25, 0.3) is 0 Å². The van der Waals surface area contributed by atoms with E-state index in [0.29, 0.717) is 5.16 Å². The van der Waals surface area contributed by atoms with Crippen LogP contribution in [0.2, 0.25) is 0 Å². The Morgan fingerprint density at radius 3 is 2.77 bits per heavy atom. The number of amides is 1. The van der Waals surface area contributed by atoms with E-state index in [2.05, 4.69) is 15.3 Å². The summed E-state index contributed by atoms with van der Waals surface area (Å²) in [6.07, 6.45) is -2.86. The van der Waals surface area contributed by atoms with E-state index in [9.17, 15) is 18.0 Å². The third-order valence-electron chi connectivity index (χ3n) is 2.58. The highest BCUT2D eigenvalue weighted by molar-refractivity contribution is 7.99. The maximum atomic E-state index is 12.6. The SMILES string of the molecule is Cc1ccnc(SCC(=O)Nc2cccc(C(F)(F)F)c2)n1. The maximum Gasteiger partial charge on any atom is 0.416 e. The lowest BCUT2D eigenvalue weighted by molar-refractivity contribution is -0.137. The van der Waals surface area contributed by atoms with Crippen LogP contribution in [0.4, 0.5) is 18.9 Å². The molecule has 0 saturated heterocycles. The minimum Gasteiger partial charge on any atom is -0.325 e. The molecular weight excluding hydrogens is 315 g/mol. The molecule has 22 heavy (non-hydrogen) atoms. The van der Waals surface area contributed by atoms with Gasteiger partial charge in [-0.15, -0.1) is 0 Å². The highest BCUT2D eigenvalue weighted by Crippen LogP contribution is 2.30. The second kappa shape index (κ2) is 6.78. The molecule has 0 fully saturated rings. The van der Waals surface area contributed by atoms with E-state index in [-0.39, 0.29) is 11.4 Å². The zero-order chi connectivity index (χ0) is 16.2. The number of halogens is 3. The summed E-state index contributed by atoms with van der Waals surface area (Å²) in [5.41, 5.74) is 0.0707. The van der Waals surface area contributed by atoms with Gasteiger partial charge in [0.1, 0.15) is 0 Å². The van der Waals surface area contributed by atoms with Gasteiger partial charge >= 0.3 is 6.18 Å². The van der Waals surface area contributed by atoms with Gasteiger partial charge in [-0.05, 0) is 31.2 Å². The molecule has 0 radical (unpaired) electrons. The van der Waals surface area contributed by atoms with E-state index in [1.54, 1.807) is 19.2 Å². The summed E-state index contributed by atoms with van der Waals surface area (Å²) in [6.45, 7) is 1.80. The van der Waals surface area contributed by atoms with Crippen molar-refractivity contribution in [2.24, 2.45) is 0 Å². The number of rotatable bonds is 4. The third-order valence-corrected chi connectivity index (χ3v) is 3.44. The Balaban J connectivity index is 1.95. The number of carbonyl (C=O) groups excluding carboxylic acids is 1. The molecule has 4 nitrogen and oxygen atoms in total. The van der Waals surface area contributed by atoms with Gasteiger partial charge in [-0.3, -0.25) is 4.79 Å². The highest BCUT2D eigenvalue weighted by atomic mass is 32.2. The minimum absolute atomic E-state index is 0.0136. The van der Waals surface area contributed by atoms with Gasteiger partial charge in [0, 0.05) is 17.6 Å². The largest absolute Gasteiger partial charge is 0.416 e. The predicted octanol–water partition coefficient (Wildman–Crippen LogP) is 3.53. The molecule has 0 bridgehead atoms. The van der Waals surface area contributed by atoms with Crippen molar-refractivity contribution in [1.82, 2.24) is 9.97 Å². The van der Waals surface area contributed by atoms with Crippen molar-refractivity contribution in [2.75, 3.05) is 11.1 Å². The summed E-state index contributed by atoms with van der Waals surface area (Å²) in [6, 6.07) is 6.22. The summed E-state index contributed by atoms with van der Waals surface area (Å²) >= 11 is 1.12. The molecule has 0 saturated carbocycles. The zero-order valence-electron chi connectivity index (χ0n) is 11.5. The van der Waals surface area contributed by atoms with Crippen LogP contribution in [0.3, 0.4) is 0 Å². The summed E-state index contributed by atoms with van der Waals surface area (Å²) in [5.74, 6) is -0.408. The number of hydrogen-bond acceptors (Lipinski definition) is 4. The molecule has 0 spiro atoms. The Hall–Kier alpha value is -2.09. The van der Waals surface area contributed by atoms with Crippen LogP contribution in [0.15, 0.2) is 41.7 Å². The number of nitrogens with zero attached hydrogens (tertiary/aromatic N) is 2. The molecule has 116 valence electrons. The lowest BCUT2D eigenvalue weighted by Gasteiger charge is -2.09. The Morgan fingerprint density at radius 1 is 1.32 bits per heavy atom. The van der Waals surface area contributed by atoms with Gasteiger partial charge in [0.05, 0.1) is 11.3 Å². The molecule has 1 aromatic heterocycles. The lowest BCUT2D eigenvalue weighted by atomic mass is 10.2. The van der Waals surface area contributed by atoms with Crippen LogP contribution in [0.5, 0.6) is 0 Å². The fraction of sp³-hybridized carbons (Fsp3) is 0.214. The Bertz CT molecular complexity index is 676. The molecular formula is C14H12F3N3OS. The summed E-state index contributed by atoms with van der Waals surface area (Å²) in [5, 5.41) is 2.87. The number of anilines is 1. The number of alkyl halides is 3. The first-order chi connectivity index (χ1) is 10.3. The molecule has 0 aliphatic carbocycles. The summed E-state index contributed by atoms with van der Waals surface area (Å²) in [7, 11) is 0. The van der Waals surface area contributed by atoms with E-state index < -0.39 is 17.6 Å². The van der Waals surface area contributed by atoms with Crippen molar-refractivity contribution in [3.63, 3.8) is 0 Å². The van der Waals surface area contributed by atoms with Crippen molar-refractivity contribution < 1.29 is 18.0 Å². The van der Waals surface area contributed by atoms with E-state index in [1.807, 2.05) is 0 Å². The molecule has 1 N–H and O–H groups in total. The monoisotopic (exact) mass is 327 g/mol. The number of nitrogens with one attached hydrogen (secondary N) is 1. The molecule has 1 amide bonds. The van der Waals surface area contributed by atoms with Crippen LogP contribution in [0.1, 0.15) is 11.3 Å². The van der Waals surface area contributed by atoms with Gasteiger partial charge < -0.3 is 5.32 Å². The van der Waals surface area contributed by atoms with Crippen LogP contribution in [0.25, 0.3) is 0 Å². The topological polar surface area (TPSA) is 54.9 Å². The van der Waals surface area contributed by atoms with E-state index in [0.717, 1.165) is 29.6 Å². The van der Waals surface area contributed by atoms with Crippen LogP contribution in [-0.2, 0) is 11.0 Å². The van der Waals surface area contributed by atoms with Gasteiger partial charge in [-0.1, -0.05) is 17.8 Å².